The molecule has 0 amide bonds. The van der Waals surface area contributed by atoms with Crippen LogP contribution in [0.2, 0.25) is 5.02 Å². The molecule has 0 saturated carbocycles. The number of aliphatic hydroxyl groups excluding tert-OH is 1. The Bertz CT molecular complexity index is 539. The lowest BCUT2D eigenvalue weighted by Crippen LogP contribution is -2.09. The maximum Gasteiger partial charge on any atom is 0.129 e. The molecular weight excluding hydrogens is 310 g/mol. The number of benzene rings is 1. The molecule has 90 valence electrons. The van der Waals surface area contributed by atoms with E-state index in [1.54, 1.807) is 13.1 Å². The van der Waals surface area contributed by atoms with E-state index >= 15 is 0 Å². The molecule has 1 N–H and O–H groups in total. The fourth-order valence-corrected chi connectivity index (χ4v) is 2.25. The van der Waals surface area contributed by atoms with Gasteiger partial charge in [0, 0.05) is 17.1 Å². The summed E-state index contributed by atoms with van der Waals surface area (Å²) in [6.07, 6.45) is 0.267. The van der Waals surface area contributed by atoms with Gasteiger partial charge in [0.15, 0.2) is 0 Å². The second-order valence-electron chi connectivity index (χ2n) is 3.57. The second-order valence-corrected chi connectivity index (χ2v) is 4.89. The summed E-state index contributed by atoms with van der Waals surface area (Å²) in [5.41, 5.74) is 0.522. The van der Waals surface area contributed by atoms with Gasteiger partial charge in [-0.1, -0.05) is 27.5 Å². The number of aromatic nitrogens is 2. The molecule has 17 heavy (non-hydrogen) atoms. The van der Waals surface area contributed by atoms with Crippen molar-refractivity contribution in [2.24, 2.45) is 7.05 Å². The van der Waals surface area contributed by atoms with Crippen LogP contribution in [0.25, 0.3) is 0 Å². The largest absolute Gasteiger partial charge is 0.382 e. The van der Waals surface area contributed by atoms with E-state index in [1.165, 1.54) is 23.0 Å². The van der Waals surface area contributed by atoms with E-state index in [1.807, 2.05) is 0 Å². The summed E-state index contributed by atoms with van der Waals surface area (Å²) in [5, 5.41) is 14.4. The third-order valence-corrected chi connectivity index (χ3v) is 3.23. The average Bonchev–Trinajstić information content (AvgIpc) is 2.61. The van der Waals surface area contributed by atoms with Crippen molar-refractivity contribution in [2.45, 2.75) is 6.10 Å². The maximum atomic E-state index is 13.6. The molecule has 0 bridgehead atoms. The van der Waals surface area contributed by atoms with Crippen molar-refractivity contribution in [3.05, 3.63) is 51.0 Å². The Hall–Kier alpha value is -0.910. The van der Waals surface area contributed by atoms with Crippen LogP contribution in [0.5, 0.6) is 0 Å². The SMILES string of the molecule is Cn1ncc(Cl)c1C(O)c1cc(Br)ccc1F. The van der Waals surface area contributed by atoms with E-state index in [0.717, 1.165) is 0 Å². The first-order valence-electron chi connectivity index (χ1n) is 4.81. The van der Waals surface area contributed by atoms with Crippen LogP contribution in [-0.2, 0) is 7.05 Å². The number of aliphatic hydroxyl groups is 1. The molecule has 0 spiro atoms. The zero-order valence-electron chi connectivity index (χ0n) is 8.86. The monoisotopic (exact) mass is 318 g/mol. The number of nitrogens with zero attached hydrogens (tertiary/aromatic N) is 2. The quantitative estimate of drug-likeness (QED) is 0.924. The highest BCUT2D eigenvalue weighted by atomic mass is 79.9. The molecule has 1 unspecified atom stereocenters. The van der Waals surface area contributed by atoms with Gasteiger partial charge in [-0.25, -0.2) is 4.39 Å². The number of hydrogen-bond acceptors (Lipinski definition) is 2. The van der Waals surface area contributed by atoms with E-state index in [2.05, 4.69) is 21.0 Å². The van der Waals surface area contributed by atoms with Crippen molar-refractivity contribution >= 4 is 27.5 Å². The zero-order valence-corrected chi connectivity index (χ0v) is 11.2. The Morgan fingerprint density at radius 3 is 2.82 bits per heavy atom. The van der Waals surface area contributed by atoms with Crippen LogP contribution in [0.15, 0.2) is 28.9 Å². The molecule has 0 aliphatic carbocycles. The first-order valence-corrected chi connectivity index (χ1v) is 5.98. The lowest BCUT2D eigenvalue weighted by Gasteiger charge is -2.13. The lowest BCUT2D eigenvalue weighted by atomic mass is 10.1. The highest BCUT2D eigenvalue weighted by Crippen LogP contribution is 2.30. The third-order valence-electron chi connectivity index (χ3n) is 2.45. The molecule has 0 aliphatic heterocycles. The van der Waals surface area contributed by atoms with Crippen LogP contribution in [0.3, 0.4) is 0 Å². The predicted molar refractivity (Wildman–Crippen MR) is 66.4 cm³/mol. The molecule has 0 aliphatic rings. The molecule has 6 heteroatoms. The Balaban J connectivity index is 2.50. The Morgan fingerprint density at radius 2 is 2.24 bits per heavy atom. The van der Waals surface area contributed by atoms with Crippen molar-refractivity contribution in [3.63, 3.8) is 0 Å². The van der Waals surface area contributed by atoms with Crippen LogP contribution < -0.4 is 0 Å². The third kappa shape index (κ3) is 2.36. The molecule has 2 rings (SSSR count). The predicted octanol–water partition coefficient (Wildman–Crippen LogP) is 3.06. The average molecular weight is 320 g/mol. The van der Waals surface area contributed by atoms with Gasteiger partial charge in [-0.05, 0) is 18.2 Å². The van der Waals surface area contributed by atoms with Gasteiger partial charge >= 0.3 is 0 Å². The summed E-state index contributed by atoms with van der Waals surface area (Å²) in [7, 11) is 1.64. The van der Waals surface area contributed by atoms with Crippen molar-refractivity contribution in [3.8, 4) is 0 Å². The van der Waals surface area contributed by atoms with Crippen molar-refractivity contribution in [1.82, 2.24) is 9.78 Å². The summed E-state index contributed by atoms with van der Waals surface area (Å²) in [6.45, 7) is 0. The van der Waals surface area contributed by atoms with Gasteiger partial charge in [0.25, 0.3) is 0 Å². The molecule has 2 aromatic rings. The number of rotatable bonds is 2. The van der Waals surface area contributed by atoms with Gasteiger partial charge in [-0.2, -0.15) is 5.10 Å². The van der Waals surface area contributed by atoms with Gasteiger partial charge in [-0.15, -0.1) is 0 Å². The van der Waals surface area contributed by atoms with Gasteiger partial charge < -0.3 is 5.11 Å². The molecule has 3 nitrogen and oxygen atoms in total. The lowest BCUT2D eigenvalue weighted by molar-refractivity contribution is 0.204. The number of hydrogen-bond donors (Lipinski definition) is 1. The summed E-state index contributed by atoms with van der Waals surface area (Å²) in [5.74, 6) is -0.488. The van der Waals surface area contributed by atoms with Crippen molar-refractivity contribution in [1.29, 1.82) is 0 Å². The number of halogens is 3. The molecule has 0 radical (unpaired) electrons. The van der Waals surface area contributed by atoms with Crippen LogP contribution >= 0.6 is 27.5 Å². The highest BCUT2D eigenvalue weighted by Gasteiger charge is 2.21. The van der Waals surface area contributed by atoms with Crippen molar-refractivity contribution in [2.75, 3.05) is 0 Å². The highest BCUT2D eigenvalue weighted by molar-refractivity contribution is 9.10. The first kappa shape index (κ1) is 12.5. The molecule has 0 saturated heterocycles. The van der Waals surface area contributed by atoms with Crippen LogP contribution in [0, 0.1) is 5.82 Å². The Kier molecular flexibility index (Phi) is 3.51. The van der Waals surface area contributed by atoms with E-state index in [4.69, 9.17) is 11.6 Å². The van der Waals surface area contributed by atoms with Gasteiger partial charge in [0.1, 0.15) is 11.9 Å². The molecule has 0 fully saturated rings. The van der Waals surface area contributed by atoms with Gasteiger partial charge in [0.05, 0.1) is 16.9 Å². The second kappa shape index (κ2) is 4.76. The summed E-state index contributed by atoms with van der Waals surface area (Å²) < 4.78 is 15.7. The van der Waals surface area contributed by atoms with E-state index in [-0.39, 0.29) is 5.56 Å². The summed E-state index contributed by atoms with van der Waals surface area (Å²) in [6, 6.07) is 4.37. The van der Waals surface area contributed by atoms with Crippen LogP contribution in [0.1, 0.15) is 17.4 Å². The van der Waals surface area contributed by atoms with Crippen LogP contribution in [-0.4, -0.2) is 14.9 Å². The summed E-state index contributed by atoms with van der Waals surface area (Å²) >= 11 is 9.14. The zero-order chi connectivity index (χ0) is 12.6. The molecule has 1 aromatic carbocycles. The molecular formula is C11H9BrClFN2O. The standard InChI is InChI=1S/C11H9BrClFN2O/c1-16-10(8(13)5-15-16)11(17)7-4-6(12)2-3-9(7)14/h2-5,11,17H,1H3. The van der Waals surface area contributed by atoms with Gasteiger partial charge in [-0.3, -0.25) is 4.68 Å². The fourth-order valence-electron chi connectivity index (χ4n) is 1.60. The summed E-state index contributed by atoms with van der Waals surface area (Å²) in [4.78, 5) is 0. The van der Waals surface area contributed by atoms with Gasteiger partial charge in [0.2, 0.25) is 0 Å². The molecule has 1 aromatic heterocycles. The normalized spacial score (nSPS) is 12.8. The molecule has 1 atom stereocenters. The van der Waals surface area contributed by atoms with E-state index in [9.17, 15) is 9.50 Å². The van der Waals surface area contributed by atoms with E-state index < -0.39 is 11.9 Å². The fraction of sp³-hybridized carbons (Fsp3) is 0.182. The first-order chi connectivity index (χ1) is 8.00. The minimum atomic E-state index is -1.15. The minimum absolute atomic E-state index is 0.157. The molecule has 1 heterocycles. The van der Waals surface area contributed by atoms with Crippen molar-refractivity contribution < 1.29 is 9.50 Å². The Morgan fingerprint density at radius 1 is 1.53 bits per heavy atom. The van der Waals surface area contributed by atoms with Crippen LogP contribution in [0.4, 0.5) is 4.39 Å². The topological polar surface area (TPSA) is 38.0 Å². The van der Waals surface area contributed by atoms with E-state index in [0.29, 0.717) is 15.2 Å². The smallest absolute Gasteiger partial charge is 0.129 e. The maximum absolute atomic E-state index is 13.6. The number of aryl methyl sites for hydroxylation is 1. The Labute approximate surface area is 111 Å². The minimum Gasteiger partial charge on any atom is -0.382 e.